The third kappa shape index (κ3) is 6.10. The van der Waals surface area contributed by atoms with Crippen LogP contribution in [0.3, 0.4) is 0 Å². The highest BCUT2D eigenvalue weighted by molar-refractivity contribution is 5.82. The van der Waals surface area contributed by atoms with Crippen molar-refractivity contribution in [2.45, 2.75) is 119 Å². The Morgan fingerprint density at radius 2 is 0.711 bits per heavy atom. The van der Waals surface area contributed by atoms with E-state index in [4.69, 9.17) is 6.42 Å². The van der Waals surface area contributed by atoms with E-state index in [9.17, 15) is 0 Å². The lowest BCUT2D eigenvalue weighted by molar-refractivity contribution is 0.807. The van der Waals surface area contributed by atoms with Crippen LogP contribution < -0.4 is 0 Å². The van der Waals surface area contributed by atoms with Crippen LogP contribution in [0.1, 0.15) is 158 Å². The molecule has 0 aromatic heterocycles. The fourth-order valence-electron chi connectivity index (χ4n) is 5.58. The molecule has 0 atom stereocenters. The lowest BCUT2D eigenvalue weighted by Crippen LogP contribution is -2.05. The number of hydrogen-bond donors (Lipinski definition) is 0. The molecule has 0 fully saturated rings. The van der Waals surface area contributed by atoms with Gasteiger partial charge in [-0.15, -0.1) is 6.42 Å². The minimum atomic E-state index is 0.418. The normalized spacial score (nSPS) is 12.0. The number of terminal acetylenes is 1. The highest BCUT2D eigenvalue weighted by Crippen LogP contribution is 2.43. The molecule has 0 spiro atoms. The van der Waals surface area contributed by atoms with Crippen LogP contribution in [0.15, 0.2) is 42.5 Å². The number of rotatable bonds is 8. The van der Waals surface area contributed by atoms with Crippen molar-refractivity contribution in [3.63, 3.8) is 0 Å². The maximum absolute atomic E-state index is 6.11. The SMILES string of the molecule is C#Cc1cc(-c2c(C(C)C)cc(C(C)C)cc2C(C)C)cc(-c2c(C(C)C)cc(C(C)C)cc2C(C)C)c1. The van der Waals surface area contributed by atoms with Gasteiger partial charge in [0.1, 0.15) is 0 Å². The van der Waals surface area contributed by atoms with Gasteiger partial charge in [-0.2, -0.15) is 0 Å². The van der Waals surface area contributed by atoms with Gasteiger partial charge in [0.05, 0.1) is 0 Å². The molecular weight excluding hydrogens is 456 g/mol. The van der Waals surface area contributed by atoms with Crippen LogP contribution in [-0.2, 0) is 0 Å². The molecule has 0 unspecified atom stereocenters. The molecule has 0 saturated heterocycles. The fraction of sp³-hybridized carbons (Fsp3) is 0.474. The van der Waals surface area contributed by atoms with Crippen LogP contribution >= 0.6 is 0 Å². The number of hydrogen-bond acceptors (Lipinski definition) is 0. The van der Waals surface area contributed by atoms with Crippen LogP contribution in [0.2, 0.25) is 0 Å². The lowest BCUT2D eigenvalue weighted by atomic mass is 9.79. The van der Waals surface area contributed by atoms with Crippen LogP contribution in [0, 0.1) is 12.3 Å². The molecule has 0 heterocycles. The summed E-state index contributed by atoms with van der Waals surface area (Å²) in [6.07, 6.45) is 6.11. The Morgan fingerprint density at radius 3 is 0.921 bits per heavy atom. The molecule has 202 valence electrons. The smallest absolute Gasteiger partial charge is 0.0254 e. The molecular formula is C38H50. The minimum Gasteiger partial charge on any atom is -0.115 e. The summed E-state index contributed by atoms with van der Waals surface area (Å²) in [5.74, 6) is 5.66. The van der Waals surface area contributed by atoms with Gasteiger partial charge in [0.15, 0.2) is 0 Å². The highest BCUT2D eigenvalue weighted by atomic mass is 14.3. The Labute approximate surface area is 234 Å². The van der Waals surface area contributed by atoms with E-state index in [1.165, 1.54) is 55.6 Å². The Hall–Kier alpha value is -2.78. The Kier molecular flexibility index (Phi) is 9.36. The minimum absolute atomic E-state index is 0.418. The molecule has 0 aliphatic heterocycles. The van der Waals surface area contributed by atoms with Gasteiger partial charge in [-0.3, -0.25) is 0 Å². The van der Waals surface area contributed by atoms with Gasteiger partial charge in [-0.05, 0) is 109 Å². The summed E-state index contributed by atoms with van der Waals surface area (Å²) >= 11 is 0. The molecule has 0 heteroatoms. The quantitative estimate of drug-likeness (QED) is 0.266. The van der Waals surface area contributed by atoms with Crippen LogP contribution in [-0.4, -0.2) is 0 Å². The average Bonchev–Trinajstić information content (AvgIpc) is 2.86. The van der Waals surface area contributed by atoms with Gasteiger partial charge in [0, 0.05) is 5.56 Å². The van der Waals surface area contributed by atoms with E-state index < -0.39 is 0 Å². The van der Waals surface area contributed by atoms with E-state index in [1.807, 2.05) is 0 Å². The summed E-state index contributed by atoms with van der Waals surface area (Å²) in [6.45, 7) is 27.7. The maximum Gasteiger partial charge on any atom is 0.0254 e. The zero-order chi connectivity index (χ0) is 28.5. The third-order valence-electron chi connectivity index (χ3n) is 7.94. The molecule has 3 aromatic rings. The standard InChI is InChI=1S/C38H50/c1-14-28-15-31(37-33(24(6)7)18-29(22(2)3)19-34(37)25(8)9)17-32(16-28)38-35(26(10)11)20-30(23(4)5)21-36(38)27(12)13/h1,15-27H,2-13H3. The lowest BCUT2D eigenvalue weighted by Gasteiger charge is -2.26. The Balaban J connectivity index is 2.47. The zero-order valence-electron chi connectivity index (χ0n) is 26.1. The molecule has 0 amide bonds. The van der Waals surface area contributed by atoms with Crippen LogP contribution in [0.4, 0.5) is 0 Å². The zero-order valence-corrected chi connectivity index (χ0v) is 26.1. The Bertz CT molecular complexity index is 1170. The van der Waals surface area contributed by atoms with E-state index in [1.54, 1.807) is 0 Å². The van der Waals surface area contributed by atoms with Crippen molar-refractivity contribution in [3.05, 3.63) is 81.4 Å². The van der Waals surface area contributed by atoms with Crippen molar-refractivity contribution in [1.29, 1.82) is 0 Å². The van der Waals surface area contributed by atoms with Gasteiger partial charge in [0.25, 0.3) is 0 Å². The first-order valence-electron chi connectivity index (χ1n) is 14.7. The Morgan fingerprint density at radius 1 is 0.421 bits per heavy atom. The third-order valence-corrected chi connectivity index (χ3v) is 7.94. The van der Waals surface area contributed by atoms with Crippen molar-refractivity contribution in [2.24, 2.45) is 0 Å². The van der Waals surface area contributed by atoms with Crippen molar-refractivity contribution < 1.29 is 0 Å². The van der Waals surface area contributed by atoms with Gasteiger partial charge in [-0.1, -0.05) is 113 Å². The molecule has 0 radical (unpaired) electrons. The van der Waals surface area contributed by atoms with Crippen molar-refractivity contribution in [1.82, 2.24) is 0 Å². The van der Waals surface area contributed by atoms with Gasteiger partial charge < -0.3 is 0 Å². The first-order chi connectivity index (χ1) is 17.8. The highest BCUT2D eigenvalue weighted by Gasteiger charge is 2.22. The van der Waals surface area contributed by atoms with E-state index >= 15 is 0 Å². The molecule has 0 N–H and O–H groups in total. The number of benzene rings is 3. The van der Waals surface area contributed by atoms with Crippen molar-refractivity contribution in [3.8, 4) is 34.6 Å². The summed E-state index contributed by atoms with van der Waals surface area (Å²) in [4.78, 5) is 0. The predicted molar refractivity (Wildman–Crippen MR) is 170 cm³/mol. The molecule has 0 bridgehead atoms. The second-order valence-electron chi connectivity index (χ2n) is 13.0. The fourth-order valence-corrected chi connectivity index (χ4v) is 5.58. The summed E-state index contributed by atoms with van der Waals surface area (Å²) in [5, 5.41) is 0. The van der Waals surface area contributed by atoms with Crippen molar-refractivity contribution >= 4 is 0 Å². The van der Waals surface area contributed by atoms with Gasteiger partial charge >= 0.3 is 0 Å². The van der Waals surface area contributed by atoms with E-state index in [0.29, 0.717) is 35.5 Å². The first kappa shape index (κ1) is 29.8. The second kappa shape index (κ2) is 11.9. The van der Waals surface area contributed by atoms with Gasteiger partial charge in [-0.25, -0.2) is 0 Å². The second-order valence-corrected chi connectivity index (χ2v) is 13.0. The summed E-state index contributed by atoms with van der Waals surface area (Å²) in [7, 11) is 0. The summed E-state index contributed by atoms with van der Waals surface area (Å²) in [5.41, 5.74) is 14.7. The molecule has 3 aromatic carbocycles. The average molecular weight is 507 g/mol. The topological polar surface area (TPSA) is 0 Å². The van der Waals surface area contributed by atoms with E-state index in [-0.39, 0.29) is 0 Å². The molecule has 0 saturated carbocycles. The van der Waals surface area contributed by atoms with Gasteiger partial charge in [0.2, 0.25) is 0 Å². The molecule has 0 aliphatic carbocycles. The van der Waals surface area contributed by atoms with E-state index in [2.05, 4.69) is 131 Å². The molecule has 0 nitrogen and oxygen atoms in total. The van der Waals surface area contributed by atoms with E-state index in [0.717, 1.165) is 5.56 Å². The molecule has 38 heavy (non-hydrogen) atoms. The van der Waals surface area contributed by atoms with Crippen molar-refractivity contribution in [2.75, 3.05) is 0 Å². The predicted octanol–water partition coefficient (Wildman–Crippen LogP) is 11.7. The summed E-state index contributed by atoms with van der Waals surface area (Å²) < 4.78 is 0. The first-order valence-corrected chi connectivity index (χ1v) is 14.7. The largest absolute Gasteiger partial charge is 0.115 e. The summed E-state index contributed by atoms with van der Waals surface area (Å²) in [6, 6.07) is 16.6. The molecule has 0 aliphatic rings. The monoisotopic (exact) mass is 506 g/mol. The van der Waals surface area contributed by atoms with Crippen LogP contribution in [0.25, 0.3) is 22.3 Å². The maximum atomic E-state index is 6.11. The molecule has 3 rings (SSSR count). The van der Waals surface area contributed by atoms with Crippen LogP contribution in [0.5, 0.6) is 0 Å².